The van der Waals surface area contributed by atoms with E-state index in [1.54, 1.807) is 34.8 Å². The maximum absolute atomic E-state index is 13.9. The lowest BCUT2D eigenvalue weighted by atomic mass is 10.00. The number of benzene rings is 20. The van der Waals surface area contributed by atoms with Crippen LogP contribution >= 0.6 is 22.7 Å². The molecule has 32 rings (SSSR count). The van der Waals surface area contributed by atoms with E-state index >= 15 is 0 Å². The Kier molecular flexibility index (Phi) is 18.9. The highest BCUT2D eigenvalue weighted by Crippen LogP contribution is 2.46. The zero-order valence-corrected chi connectivity index (χ0v) is 79.3. The van der Waals surface area contributed by atoms with Crippen LogP contribution in [0.3, 0.4) is 0 Å². The predicted molar refractivity (Wildman–Crippen MR) is 594 cm³/mol. The molecule has 0 radical (unpaired) electrons. The molecule has 0 atom stereocenters. The van der Waals surface area contributed by atoms with Crippen molar-refractivity contribution in [3.05, 3.63) is 424 Å². The van der Waals surface area contributed by atoms with Gasteiger partial charge in [-0.05, 0) is 216 Å². The van der Waals surface area contributed by atoms with Gasteiger partial charge in [0.1, 0.15) is 84.0 Å². The number of halogens is 1. The first-order valence-electron chi connectivity index (χ1n) is 48.2. The summed E-state index contributed by atoms with van der Waals surface area (Å²) in [5, 5.41) is 21.4. The SMILES string of the molecule is Fc1ccc2c(c1)oc1cc(-c3nc(-c4ccc5c(c4)oc4ccccc45)nc(-c4ccc5sc6ccccc6c5c4)n3)ccc12.[C-]#[N+]c1ccc2c(c1)oc1cc(-c3nc(-c4ccc5c(c4)oc4ccccc45)nc(-c4ccc5sc6ccccc6c5c4)n3)ccc12.c1ccc2cc(-c3ccc4c(c3)oc3cc(-c5nc(-c6ccc7c(c6)oc6ccccc67)nc(-c6ccc7c(c6)oc6ccccc67)n5)ccc34)ccc2c1. The average molecular weight is 1940 g/mol. The molecule has 0 bridgehead atoms. The van der Waals surface area contributed by atoms with E-state index in [4.69, 9.17) is 82.3 Å². The van der Waals surface area contributed by atoms with Gasteiger partial charge in [0.2, 0.25) is 0 Å². The molecule has 0 unspecified atom stereocenters. The number of furan rings is 7. The van der Waals surface area contributed by atoms with Gasteiger partial charge in [-0.25, -0.2) is 54.1 Å². The molecule has 148 heavy (non-hydrogen) atoms. The second kappa shape index (κ2) is 33.4. The fourth-order valence-corrected chi connectivity index (χ4v) is 23.0. The van der Waals surface area contributed by atoms with Gasteiger partial charge < -0.3 is 30.9 Å². The highest BCUT2D eigenvalue weighted by Gasteiger charge is 2.25. The summed E-state index contributed by atoms with van der Waals surface area (Å²) in [7, 11) is 0. The maximum Gasteiger partial charge on any atom is 0.190 e. The number of fused-ring (bicyclic) bond motifs is 28. The Balaban J connectivity index is 0.000000103. The van der Waals surface area contributed by atoms with Crippen molar-refractivity contribution in [1.82, 2.24) is 44.9 Å². The molecule has 32 aromatic rings. The largest absolute Gasteiger partial charge is 0.457 e. The number of aromatic nitrogens is 9. The van der Waals surface area contributed by atoms with Crippen LogP contribution in [0.15, 0.2) is 437 Å². The first-order valence-corrected chi connectivity index (χ1v) is 49.9. The molecule has 12 heterocycles. The summed E-state index contributed by atoms with van der Waals surface area (Å²) in [6.07, 6.45) is 0. The molecule has 690 valence electrons. The van der Waals surface area contributed by atoms with Crippen molar-refractivity contribution < 1.29 is 35.3 Å². The molecule has 0 aliphatic carbocycles. The minimum absolute atomic E-state index is 0.338. The van der Waals surface area contributed by atoms with Crippen molar-refractivity contribution in [2.24, 2.45) is 0 Å². The molecule has 20 aromatic carbocycles. The van der Waals surface area contributed by atoms with Crippen LogP contribution in [0.2, 0.25) is 0 Å². The Morgan fingerprint density at radius 2 is 0.392 bits per heavy atom. The summed E-state index contributed by atoms with van der Waals surface area (Å²) in [5.74, 6) is 4.55. The minimum atomic E-state index is -0.338. The Morgan fingerprint density at radius 3 is 0.730 bits per heavy atom. The topological polar surface area (TPSA) is 212 Å². The minimum Gasteiger partial charge on any atom is -0.457 e. The number of hydrogen-bond donors (Lipinski definition) is 0. The third-order valence-corrected chi connectivity index (χ3v) is 30.4. The van der Waals surface area contributed by atoms with Crippen LogP contribution in [-0.4, -0.2) is 44.9 Å². The molecule has 17 nitrogen and oxygen atoms in total. The van der Waals surface area contributed by atoms with Crippen LogP contribution in [0.4, 0.5) is 10.1 Å². The van der Waals surface area contributed by atoms with Gasteiger partial charge in [0, 0.05) is 172 Å². The molecule has 0 aliphatic heterocycles. The van der Waals surface area contributed by atoms with Crippen LogP contribution in [-0.2, 0) is 0 Å². The number of para-hydroxylation sites is 4. The Labute approximate surface area is 844 Å². The average Bonchev–Trinajstić information content (AvgIpc) is 1.59. The Bertz CT molecular complexity index is 11200. The highest BCUT2D eigenvalue weighted by molar-refractivity contribution is 7.26. The summed E-state index contributed by atoms with van der Waals surface area (Å²) in [6.45, 7) is 7.39. The standard InChI is InChI=1S/C49H27N3O3.C40H20N4O2S.C39H20FN3O2S/c1-2-8-29-23-30(14-13-28(29)7-1)31-15-19-39-40-22-18-34(27-46(40)55-43(39)24-31)49-51-47(32-16-20-37-35-9-3-5-11-41(35)53-44(37)25-32)50-48(52-49)33-17-21-38-36-10-4-6-12-42(36)54-45(38)26-33;1-41-25-13-16-29-28-15-11-24(20-34(28)46-35(29)21-25)40-43-38(22-12-17-37-31(18-22)30-7-3-5-9-36(30)47-37)42-39(44-40)23-10-14-27-26-6-2-4-8-32(26)45-33(27)19-23;40-24-12-15-28-27-14-10-23(19-33(27)45-34(28)20-24)39-42-37(21-11-16-36-30(17-21)29-6-2-4-8-35(29)46-36)41-38(43-39)22-9-13-26-25-5-1-3-7-31(25)44-32(26)18-22/h1-27H;2-21H;1-20H. The monoisotopic (exact) mass is 1940 g/mol. The number of hydrogen-bond acceptors (Lipinski definition) is 18. The van der Waals surface area contributed by atoms with Crippen LogP contribution in [0.25, 0.3) is 323 Å². The second-order valence-electron chi connectivity index (χ2n) is 36.9. The summed E-state index contributed by atoms with van der Waals surface area (Å²) < 4.78 is 62.6. The Hall–Kier alpha value is -19.9. The molecule has 0 fully saturated rings. The molecule has 12 aromatic heterocycles. The summed E-state index contributed by atoms with van der Waals surface area (Å²) in [6, 6.07) is 136. The third kappa shape index (κ3) is 14.3. The van der Waals surface area contributed by atoms with Crippen LogP contribution in [0.1, 0.15) is 0 Å². The number of thiophene rings is 2. The van der Waals surface area contributed by atoms with Crippen molar-refractivity contribution in [2.75, 3.05) is 0 Å². The molecule has 0 spiro atoms. The van der Waals surface area contributed by atoms with Crippen molar-refractivity contribution >= 4 is 233 Å². The fourth-order valence-electron chi connectivity index (χ4n) is 20.8. The predicted octanol–water partition coefficient (Wildman–Crippen LogP) is 36.2. The third-order valence-electron chi connectivity index (χ3n) is 28.1. The van der Waals surface area contributed by atoms with Gasteiger partial charge in [0.05, 0.1) is 6.57 Å². The molecule has 0 aliphatic rings. The van der Waals surface area contributed by atoms with Crippen LogP contribution < -0.4 is 0 Å². The summed E-state index contributed by atoms with van der Waals surface area (Å²) >= 11 is 3.56. The number of rotatable bonds is 10. The van der Waals surface area contributed by atoms with E-state index < -0.39 is 0 Å². The van der Waals surface area contributed by atoms with Crippen LogP contribution in [0, 0.1) is 12.4 Å². The van der Waals surface area contributed by atoms with Gasteiger partial charge in [0.15, 0.2) is 58.1 Å². The molecule has 20 heteroatoms. The smallest absolute Gasteiger partial charge is 0.190 e. The first-order chi connectivity index (χ1) is 73.0. The quantitative estimate of drug-likeness (QED) is 0.116. The summed E-state index contributed by atoms with van der Waals surface area (Å²) in [5.41, 5.74) is 20.9. The van der Waals surface area contributed by atoms with E-state index in [1.165, 1.54) is 63.2 Å². The second-order valence-corrected chi connectivity index (χ2v) is 39.1. The first kappa shape index (κ1) is 83.9. The van der Waals surface area contributed by atoms with Gasteiger partial charge >= 0.3 is 0 Å². The Morgan fingerprint density at radius 1 is 0.169 bits per heavy atom. The molecule has 0 amide bonds. The van der Waals surface area contributed by atoms with Gasteiger partial charge in [0.25, 0.3) is 0 Å². The van der Waals surface area contributed by atoms with Gasteiger partial charge in [-0.1, -0.05) is 206 Å². The van der Waals surface area contributed by atoms with Crippen molar-refractivity contribution in [1.29, 1.82) is 0 Å². The molecule has 0 N–H and O–H groups in total. The summed E-state index contributed by atoms with van der Waals surface area (Å²) in [4.78, 5) is 48.8. The van der Waals surface area contributed by atoms with Gasteiger partial charge in [-0.3, -0.25) is 0 Å². The van der Waals surface area contributed by atoms with Crippen molar-refractivity contribution in [3.63, 3.8) is 0 Å². The van der Waals surface area contributed by atoms with E-state index in [0.717, 1.165) is 192 Å². The maximum atomic E-state index is 13.9. The normalized spacial score (nSPS) is 11.9. The number of nitrogens with zero attached hydrogens (tertiary/aromatic N) is 10. The van der Waals surface area contributed by atoms with E-state index in [0.29, 0.717) is 80.4 Å². The van der Waals surface area contributed by atoms with Gasteiger partial charge in [-0.2, -0.15) is 0 Å². The fraction of sp³-hybridized carbons (Fsp3) is 0. The lowest BCUT2D eigenvalue weighted by Crippen LogP contribution is -2.00. The van der Waals surface area contributed by atoms with E-state index in [1.807, 2.05) is 176 Å². The lowest BCUT2D eigenvalue weighted by molar-refractivity contribution is 0.618. The lowest BCUT2D eigenvalue weighted by Gasteiger charge is -2.09. The molecule has 0 saturated carbocycles. The van der Waals surface area contributed by atoms with Crippen molar-refractivity contribution in [3.8, 4) is 114 Å². The van der Waals surface area contributed by atoms with E-state index in [-0.39, 0.29) is 5.82 Å². The molecular formula is C128H67FN10O7S2. The van der Waals surface area contributed by atoms with E-state index in [2.05, 4.69) is 211 Å². The molecule has 0 saturated heterocycles. The zero-order chi connectivity index (χ0) is 97.5. The highest BCUT2D eigenvalue weighted by atomic mass is 32.1. The van der Waals surface area contributed by atoms with Gasteiger partial charge in [-0.15, -0.1) is 22.7 Å². The van der Waals surface area contributed by atoms with Crippen LogP contribution in [0.5, 0.6) is 0 Å². The van der Waals surface area contributed by atoms with Crippen molar-refractivity contribution in [2.45, 2.75) is 0 Å². The van der Waals surface area contributed by atoms with E-state index in [9.17, 15) is 4.39 Å². The molecular weight excluding hydrogens is 1870 g/mol. The zero-order valence-electron chi connectivity index (χ0n) is 77.7.